The van der Waals surface area contributed by atoms with E-state index in [-0.39, 0.29) is 18.3 Å². The van der Waals surface area contributed by atoms with Crippen molar-refractivity contribution in [3.63, 3.8) is 0 Å². The molecular weight excluding hydrogens is 188 g/mol. The Bertz CT molecular complexity index is 334. The zero-order chi connectivity index (χ0) is 11.5. The summed E-state index contributed by atoms with van der Waals surface area (Å²) in [5, 5.41) is 34.3. The highest BCUT2D eigenvalue weighted by molar-refractivity contribution is 4.95. The number of nitriles is 4. The minimum atomic E-state index is -0.360. The normalized spacial score (nSPS) is 12.5. The fraction of sp³-hybridized carbons (Fsp3) is 0.636. The quantitative estimate of drug-likeness (QED) is 0.614. The zero-order valence-corrected chi connectivity index (χ0v) is 8.48. The lowest BCUT2D eigenvalue weighted by Crippen LogP contribution is -2.05. The van der Waals surface area contributed by atoms with E-state index in [9.17, 15) is 0 Å². The topological polar surface area (TPSA) is 95.2 Å². The Morgan fingerprint density at radius 3 is 2.00 bits per heavy atom. The van der Waals surface area contributed by atoms with E-state index in [1.54, 1.807) is 0 Å². The molecule has 2 unspecified atom stereocenters. The lowest BCUT2D eigenvalue weighted by Gasteiger charge is -2.09. The molecule has 0 heterocycles. The molecule has 0 aliphatic heterocycles. The van der Waals surface area contributed by atoms with Gasteiger partial charge in [-0.1, -0.05) is 0 Å². The molecule has 0 bridgehead atoms. The van der Waals surface area contributed by atoms with E-state index in [1.807, 2.05) is 18.2 Å². The smallest absolute Gasteiger partial charge is 0.0667 e. The summed E-state index contributed by atoms with van der Waals surface area (Å²) in [6.45, 7) is 0. The maximum Gasteiger partial charge on any atom is 0.0667 e. The molecule has 4 heteroatoms. The van der Waals surface area contributed by atoms with Crippen LogP contribution in [0.3, 0.4) is 0 Å². The molecule has 4 nitrogen and oxygen atoms in total. The second kappa shape index (κ2) is 8.55. The highest BCUT2D eigenvalue weighted by Crippen LogP contribution is 2.19. The minimum Gasteiger partial charge on any atom is -0.198 e. The largest absolute Gasteiger partial charge is 0.198 e. The van der Waals surface area contributed by atoms with Gasteiger partial charge >= 0.3 is 0 Å². The summed E-state index contributed by atoms with van der Waals surface area (Å²) in [5.74, 6) is -0.571. The van der Waals surface area contributed by atoms with Crippen LogP contribution in [-0.4, -0.2) is 0 Å². The van der Waals surface area contributed by atoms with Gasteiger partial charge in [0, 0.05) is 12.3 Å². The molecule has 0 aliphatic rings. The van der Waals surface area contributed by atoms with Gasteiger partial charge in [-0.25, -0.2) is 0 Å². The predicted octanol–water partition coefficient (Wildman–Crippen LogP) is 2.26. The van der Waals surface area contributed by atoms with Crippen LogP contribution in [0.25, 0.3) is 0 Å². The van der Waals surface area contributed by atoms with Gasteiger partial charge in [0.1, 0.15) is 0 Å². The van der Waals surface area contributed by atoms with Crippen molar-refractivity contribution in [3.8, 4) is 24.3 Å². The van der Waals surface area contributed by atoms with Crippen molar-refractivity contribution in [2.75, 3.05) is 0 Å². The Labute approximate surface area is 90.0 Å². The molecule has 0 rings (SSSR count). The highest BCUT2D eigenvalue weighted by Gasteiger charge is 2.15. The summed E-state index contributed by atoms with van der Waals surface area (Å²) in [5.41, 5.74) is 0. The van der Waals surface area contributed by atoms with Crippen LogP contribution in [0.1, 0.15) is 32.1 Å². The van der Waals surface area contributed by atoms with Gasteiger partial charge in [-0.05, 0) is 19.3 Å². The number of hydrogen-bond acceptors (Lipinski definition) is 4. The third-order valence-corrected chi connectivity index (χ3v) is 2.11. The number of hydrogen-bond donors (Lipinski definition) is 0. The van der Waals surface area contributed by atoms with E-state index in [4.69, 9.17) is 21.0 Å². The molecule has 0 spiro atoms. The Kier molecular flexibility index (Phi) is 7.39. The molecule has 76 valence electrons. The van der Waals surface area contributed by atoms with Crippen LogP contribution in [0.5, 0.6) is 0 Å². The minimum absolute atomic E-state index is 0.174. The second-order valence-electron chi connectivity index (χ2n) is 3.30. The summed E-state index contributed by atoms with van der Waals surface area (Å²) < 4.78 is 0. The first-order valence-electron chi connectivity index (χ1n) is 4.81. The molecular formula is C11H12N4. The van der Waals surface area contributed by atoms with Crippen LogP contribution in [-0.2, 0) is 0 Å². The van der Waals surface area contributed by atoms with Crippen molar-refractivity contribution in [2.24, 2.45) is 11.8 Å². The Morgan fingerprint density at radius 1 is 0.867 bits per heavy atom. The monoisotopic (exact) mass is 200 g/mol. The van der Waals surface area contributed by atoms with Gasteiger partial charge in [0.25, 0.3) is 0 Å². The maximum absolute atomic E-state index is 8.81. The Balaban J connectivity index is 4.00. The molecule has 0 N–H and O–H groups in total. The number of unbranched alkanes of at least 4 members (excludes halogenated alkanes) is 1. The van der Waals surface area contributed by atoms with Crippen LogP contribution in [0.15, 0.2) is 0 Å². The van der Waals surface area contributed by atoms with E-state index >= 15 is 0 Å². The van der Waals surface area contributed by atoms with Crippen molar-refractivity contribution in [2.45, 2.75) is 32.1 Å². The van der Waals surface area contributed by atoms with Crippen molar-refractivity contribution < 1.29 is 0 Å². The van der Waals surface area contributed by atoms with Crippen molar-refractivity contribution in [1.29, 1.82) is 21.0 Å². The summed E-state index contributed by atoms with van der Waals surface area (Å²) in [6, 6.07) is 8.08. The molecule has 0 saturated carbocycles. The van der Waals surface area contributed by atoms with Crippen LogP contribution < -0.4 is 0 Å². The van der Waals surface area contributed by atoms with Crippen molar-refractivity contribution >= 4 is 0 Å². The fourth-order valence-electron chi connectivity index (χ4n) is 1.30. The second-order valence-corrected chi connectivity index (χ2v) is 3.30. The molecule has 0 radical (unpaired) electrons. The molecule has 0 aromatic rings. The maximum atomic E-state index is 8.81. The average molecular weight is 200 g/mol. The van der Waals surface area contributed by atoms with Gasteiger partial charge in [0.15, 0.2) is 0 Å². The van der Waals surface area contributed by atoms with E-state index < -0.39 is 0 Å². The average Bonchev–Trinajstić information content (AvgIpc) is 2.26. The molecule has 15 heavy (non-hydrogen) atoms. The zero-order valence-electron chi connectivity index (χ0n) is 8.48. The van der Waals surface area contributed by atoms with Gasteiger partial charge in [0.2, 0.25) is 0 Å². The van der Waals surface area contributed by atoms with Crippen LogP contribution >= 0.6 is 0 Å². The van der Waals surface area contributed by atoms with E-state index in [0.29, 0.717) is 25.7 Å². The first-order chi connectivity index (χ1) is 7.28. The highest BCUT2D eigenvalue weighted by atomic mass is 14.3. The van der Waals surface area contributed by atoms with Crippen molar-refractivity contribution in [1.82, 2.24) is 0 Å². The van der Waals surface area contributed by atoms with Crippen LogP contribution in [0, 0.1) is 57.2 Å². The SMILES string of the molecule is N#CCCCC(C#N)CC(C#N)CC#N. The molecule has 0 fully saturated rings. The van der Waals surface area contributed by atoms with Crippen LogP contribution in [0.4, 0.5) is 0 Å². The molecule has 2 atom stereocenters. The molecule has 0 aromatic heterocycles. The molecule has 0 amide bonds. The Morgan fingerprint density at radius 2 is 1.53 bits per heavy atom. The van der Waals surface area contributed by atoms with Gasteiger partial charge < -0.3 is 0 Å². The van der Waals surface area contributed by atoms with E-state index in [2.05, 4.69) is 6.07 Å². The predicted molar refractivity (Wildman–Crippen MR) is 52.5 cm³/mol. The van der Waals surface area contributed by atoms with Gasteiger partial charge in [-0.3, -0.25) is 0 Å². The first-order valence-corrected chi connectivity index (χ1v) is 4.81. The van der Waals surface area contributed by atoms with Gasteiger partial charge in [-0.15, -0.1) is 0 Å². The first kappa shape index (κ1) is 13.0. The fourth-order valence-corrected chi connectivity index (χ4v) is 1.30. The number of rotatable bonds is 6. The summed E-state index contributed by atoms with van der Waals surface area (Å²) in [6.07, 6.45) is 2.36. The van der Waals surface area contributed by atoms with Gasteiger partial charge in [-0.2, -0.15) is 21.0 Å². The standard InChI is InChI=1S/C11H12N4/c12-5-2-1-3-10(8-14)7-11(9-15)4-6-13/h10-11H,1-4,7H2. The lowest BCUT2D eigenvalue weighted by molar-refractivity contribution is 0.468. The summed E-state index contributed by atoms with van der Waals surface area (Å²) in [7, 11) is 0. The Hall–Kier alpha value is -2.04. The molecule has 0 saturated heterocycles. The van der Waals surface area contributed by atoms with E-state index in [0.717, 1.165) is 0 Å². The third kappa shape index (κ3) is 6.09. The number of nitrogens with zero attached hydrogens (tertiary/aromatic N) is 4. The van der Waals surface area contributed by atoms with Gasteiger partial charge in [0.05, 0.1) is 36.6 Å². The van der Waals surface area contributed by atoms with E-state index in [1.165, 1.54) is 0 Å². The lowest BCUT2D eigenvalue weighted by atomic mass is 9.91. The van der Waals surface area contributed by atoms with Crippen LogP contribution in [0.2, 0.25) is 0 Å². The summed E-state index contributed by atoms with van der Waals surface area (Å²) in [4.78, 5) is 0. The third-order valence-electron chi connectivity index (χ3n) is 2.11. The summed E-state index contributed by atoms with van der Waals surface area (Å²) >= 11 is 0. The molecule has 0 aromatic carbocycles. The molecule has 0 aliphatic carbocycles. The van der Waals surface area contributed by atoms with Crippen molar-refractivity contribution in [3.05, 3.63) is 0 Å².